The first-order valence-electron chi connectivity index (χ1n) is 4.78. The minimum absolute atomic E-state index is 0.942. The van der Waals surface area contributed by atoms with Crippen LogP contribution in [0.25, 0.3) is 0 Å². The maximum absolute atomic E-state index is 4.37. The number of rotatable bonds is 1. The van der Waals surface area contributed by atoms with Crippen molar-refractivity contribution in [2.75, 3.05) is 17.6 Å². The monoisotopic (exact) mass is 206 g/mol. The van der Waals surface area contributed by atoms with Crippen LogP contribution in [-0.2, 0) is 0 Å². The summed E-state index contributed by atoms with van der Waals surface area (Å²) in [4.78, 5) is 4.37. The Morgan fingerprint density at radius 2 is 2.21 bits per heavy atom. The molecule has 0 aromatic heterocycles. The molecule has 2 nitrogen and oxygen atoms in total. The lowest BCUT2D eigenvalue weighted by molar-refractivity contribution is 1.17. The molecule has 0 bridgehead atoms. The van der Waals surface area contributed by atoms with Crippen molar-refractivity contribution in [1.29, 1.82) is 0 Å². The van der Waals surface area contributed by atoms with Crippen LogP contribution in [0.15, 0.2) is 23.2 Å². The molecule has 1 N–H and O–H groups in total. The fraction of sp³-hybridized carbons (Fsp3) is 0.364. The molecule has 2 rings (SSSR count). The first-order valence-corrected chi connectivity index (χ1v) is 5.76. The van der Waals surface area contributed by atoms with Crippen molar-refractivity contribution < 1.29 is 0 Å². The third-order valence-corrected chi connectivity index (χ3v) is 3.32. The zero-order valence-electron chi connectivity index (χ0n) is 8.50. The number of anilines is 1. The molecule has 0 atom stereocenters. The lowest BCUT2D eigenvalue weighted by Crippen LogP contribution is -2.06. The molecule has 1 heterocycles. The van der Waals surface area contributed by atoms with Gasteiger partial charge >= 0.3 is 0 Å². The molecule has 0 spiro atoms. The molecule has 1 aromatic carbocycles. The largest absolute Gasteiger partial charge is 0.335 e. The predicted molar refractivity (Wildman–Crippen MR) is 64.3 cm³/mol. The van der Waals surface area contributed by atoms with Gasteiger partial charge in [0, 0.05) is 11.4 Å². The molecule has 1 aliphatic rings. The van der Waals surface area contributed by atoms with Gasteiger partial charge in [0.15, 0.2) is 5.17 Å². The van der Waals surface area contributed by atoms with Gasteiger partial charge in [0.2, 0.25) is 0 Å². The van der Waals surface area contributed by atoms with Gasteiger partial charge in [-0.15, -0.1) is 0 Å². The number of nitrogens with one attached hydrogen (secondary N) is 1. The first kappa shape index (κ1) is 9.59. The lowest BCUT2D eigenvalue weighted by Gasteiger charge is -2.10. The number of benzene rings is 1. The summed E-state index contributed by atoms with van der Waals surface area (Å²) >= 11 is 1.79. The summed E-state index contributed by atoms with van der Waals surface area (Å²) < 4.78 is 0. The molecule has 14 heavy (non-hydrogen) atoms. The van der Waals surface area contributed by atoms with Crippen LogP contribution >= 0.6 is 11.8 Å². The topological polar surface area (TPSA) is 24.4 Å². The highest BCUT2D eigenvalue weighted by Gasteiger charge is 2.08. The van der Waals surface area contributed by atoms with Gasteiger partial charge in [-0.1, -0.05) is 23.9 Å². The molecule has 74 valence electrons. The highest BCUT2D eigenvalue weighted by Crippen LogP contribution is 2.21. The third kappa shape index (κ3) is 1.93. The second kappa shape index (κ2) is 4.05. The highest BCUT2D eigenvalue weighted by molar-refractivity contribution is 8.14. The molecule has 1 aromatic rings. The molecule has 3 heteroatoms. The van der Waals surface area contributed by atoms with Gasteiger partial charge in [-0.2, -0.15) is 0 Å². The number of hydrogen-bond donors (Lipinski definition) is 1. The second-order valence-electron chi connectivity index (χ2n) is 3.41. The average Bonchev–Trinajstić information content (AvgIpc) is 2.66. The SMILES string of the molecule is Cc1cccc(NC2=NCCS2)c1C. The van der Waals surface area contributed by atoms with E-state index in [1.807, 2.05) is 0 Å². The van der Waals surface area contributed by atoms with Crippen molar-refractivity contribution in [3.8, 4) is 0 Å². The quantitative estimate of drug-likeness (QED) is 0.764. The molecule has 0 unspecified atom stereocenters. The van der Waals surface area contributed by atoms with E-state index in [9.17, 15) is 0 Å². The third-order valence-electron chi connectivity index (χ3n) is 2.43. The minimum Gasteiger partial charge on any atom is -0.335 e. The molecule has 0 saturated heterocycles. The lowest BCUT2D eigenvalue weighted by atomic mass is 10.1. The van der Waals surface area contributed by atoms with Gasteiger partial charge in [-0.05, 0) is 31.0 Å². The molecular formula is C11H14N2S. The summed E-state index contributed by atoms with van der Waals surface area (Å²) in [5, 5.41) is 4.42. The van der Waals surface area contributed by atoms with Gasteiger partial charge in [0.1, 0.15) is 0 Å². The van der Waals surface area contributed by atoms with Crippen molar-refractivity contribution in [2.24, 2.45) is 4.99 Å². The van der Waals surface area contributed by atoms with Gasteiger partial charge in [0.25, 0.3) is 0 Å². The van der Waals surface area contributed by atoms with E-state index in [0.29, 0.717) is 0 Å². The summed E-state index contributed by atoms with van der Waals surface area (Å²) in [6, 6.07) is 6.30. The molecule has 0 radical (unpaired) electrons. The smallest absolute Gasteiger partial charge is 0.161 e. The average molecular weight is 206 g/mol. The van der Waals surface area contributed by atoms with Crippen molar-refractivity contribution >= 4 is 22.6 Å². The van der Waals surface area contributed by atoms with Crippen LogP contribution in [-0.4, -0.2) is 17.5 Å². The number of thioether (sulfide) groups is 1. The maximum atomic E-state index is 4.37. The Bertz CT molecular complexity index is 372. The number of amidine groups is 1. The van der Waals surface area contributed by atoms with E-state index in [2.05, 4.69) is 42.4 Å². The molecule has 0 fully saturated rings. The van der Waals surface area contributed by atoms with Crippen LogP contribution in [0.5, 0.6) is 0 Å². The van der Waals surface area contributed by atoms with Gasteiger partial charge in [-0.3, -0.25) is 4.99 Å². The molecule has 1 aliphatic heterocycles. The van der Waals surface area contributed by atoms with E-state index in [0.717, 1.165) is 17.5 Å². The fourth-order valence-electron chi connectivity index (χ4n) is 1.41. The molecule has 0 amide bonds. The normalized spacial score (nSPS) is 15.4. The Labute approximate surface area is 88.8 Å². The summed E-state index contributed by atoms with van der Waals surface area (Å²) in [6.07, 6.45) is 0. The van der Waals surface area contributed by atoms with E-state index in [4.69, 9.17) is 0 Å². The van der Waals surface area contributed by atoms with Crippen molar-refractivity contribution in [3.05, 3.63) is 29.3 Å². The highest BCUT2D eigenvalue weighted by atomic mass is 32.2. The minimum atomic E-state index is 0.942. The standard InChI is InChI=1S/C11H14N2S/c1-8-4-3-5-10(9(8)2)13-11-12-6-7-14-11/h3-5H,6-7H2,1-2H3,(H,12,13). The van der Waals surface area contributed by atoms with Gasteiger partial charge in [-0.25, -0.2) is 0 Å². The van der Waals surface area contributed by atoms with E-state index in [1.165, 1.54) is 16.8 Å². The van der Waals surface area contributed by atoms with Crippen LogP contribution in [0.2, 0.25) is 0 Å². The van der Waals surface area contributed by atoms with Crippen LogP contribution < -0.4 is 5.32 Å². The Morgan fingerprint density at radius 3 is 2.93 bits per heavy atom. The van der Waals surface area contributed by atoms with Crippen LogP contribution in [0.1, 0.15) is 11.1 Å². The van der Waals surface area contributed by atoms with Crippen LogP contribution in [0, 0.1) is 13.8 Å². The van der Waals surface area contributed by atoms with E-state index < -0.39 is 0 Å². The Balaban J connectivity index is 2.20. The number of aliphatic imine (C=N–C) groups is 1. The molecular weight excluding hydrogens is 192 g/mol. The maximum Gasteiger partial charge on any atom is 0.161 e. The number of hydrogen-bond acceptors (Lipinski definition) is 3. The second-order valence-corrected chi connectivity index (χ2v) is 4.49. The van der Waals surface area contributed by atoms with Gasteiger partial charge in [0.05, 0.1) is 6.54 Å². The molecule has 0 aliphatic carbocycles. The summed E-state index contributed by atoms with van der Waals surface area (Å²) in [5.74, 6) is 1.10. The van der Waals surface area contributed by atoms with Crippen molar-refractivity contribution in [3.63, 3.8) is 0 Å². The van der Waals surface area contributed by atoms with E-state index >= 15 is 0 Å². The number of aryl methyl sites for hydroxylation is 1. The predicted octanol–water partition coefficient (Wildman–Crippen LogP) is 2.82. The Morgan fingerprint density at radius 1 is 1.36 bits per heavy atom. The summed E-state index contributed by atoms with van der Waals surface area (Å²) in [5.41, 5.74) is 3.81. The van der Waals surface area contributed by atoms with Crippen LogP contribution in [0.3, 0.4) is 0 Å². The Kier molecular flexibility index (Phi) is 2.77. The van der Waals surface area contributed by atoms with Crippen LogP contribution in [0.4, 0.5) is 5.69 Å². The zero-order chi connectivity index (χ0) is 9.97. The Hall–Kier alpha value is -0.960. The first-order chi connectivity index (χ1) is 6.77. The van der Waals surface area contributed by atoms with Gasteiger partial charge < -0.3 is 5.32 Å². The summed E-state index contributed by atoms with van der Waals surface area (Å²) in [7, 11) is 0. The number of nitrogens with zero attached hydrogens (tertiary/aromatic N) is 1. The zero-order valence-corrected chi connectivity index (χ0v) is 9.32. The van der Waals surface area contributed by atoms with E-state index in [-0.39, 0.29) is 0 Å². The fourth-order valence-corrected chi connectivity index (χ4v) is 2.15. The van der Waals surface area contributed by atoms with E-state index in [1.54, 1.807) is 11.8 Å². The molecule has 0 saturated carbocycles. The van der Waals surface area contributed by atoms with Crippen molar-refractivity contribution in [1.82, 2.24) is 0 Å². The summed E-state index contributed by atoms with van der Waals surface area (Å²) in [6.45, 7) is 5.21. The van der Waals surface area contributed by atoms with Crippen molar-refractivity contribution in [2.45, 2.75) is 13.8 Å².